The number of rotatable bonds is 2. The minimum Gasteiger partial charge on any atom is -0.391 e. The smallest absolute Gasteiger partial charge is 0.0741 e. The highest BCUT2D eigenvalue weighted by Crippen LogP contribution is 2.22. The highest BCUT2D eigenvalue weighted by Gasteiger charge is 2.24. The number of hydrogen-bond acceptors (Lipinski definition) is 3. The van der Waals surface area contributed by atoms with Gasteiger partial charge in [0.05, 0.1) is 24.0 Å². The molecule has 2 rings (SSSR count). The Morgan fingerprint density at radius 2 is 2.46 bits per heavy atom. The zero-order chi connectivity index (χ0) is 9.26. The molecule has 4 nitrogen and oxygen atoms in total. The van der Waals surface area contributed by atoms with Gasteiger partial charge in [-0.05, 0) is 19.3 Å². The lowest BCUT2D eigenvalue weighted by Crippen LogP contribution is -2.27. The van der Waals surface area contributed by atoms with Crippen LogP contribution in [0.15, 0.2) is 12.4 Å². The summed E-state index contributed by atoms with van der Waals surface area (Å²) in [4.78, 5) is 0. The maximum Gasteiger partial charge on any atom is 0.0741 e. The number of aryl methyl sites for hydroxylation is 1. The van der Waals surface area contributed by atoms with Crippen molar-refractivity contribution in [1.82, 2.24) is 9.78 Å². The standard InChI is InChI=1S/C9H15N3O/c1-12-6-7(5-10-12)11-8-3-2-4-9(8)13/h5-6,8-9,11,13H,2-4H2,1H3/t8-,9-/m0/s1. The molecule has 1 aliphatic carbocycles. The zero-order valence-corrected chi connectivity index (χ0v) is 7.77. The second-order valence-electron chi connectivity index (χ2n) is 3.65. The van der Waals surface area contributed by atoms with Crippen LogP contribution in [0.25, 0.3) is 0 Å². The average molecular weight is 181 g/mol. The van der Waals surface area contributed by atoms with Crippen molar-refractivity contribution < 1.29 is 5.11 Å². The molecule has 1 aromatic rings. The summed E-state index contributed by atoms with van der Waals surface area (Å²) < 4.78 is 1.75. The molecule has 0 spiro atoms. The predicted molar refractivity (Wildman–Crippen MR) is 50.5 cm³/mol. The van der Waals surface area contributed by atoms with Crippen LogP contribution in [0.1, 0.15) is 19.3 Å². The molecule has 72 valence electrons. The Morgan fingerprint density at radius 1 is 1.62 bits per heavy atom. The molecule has 0 bridgehead atoms. The van der Waals surface area contributed by atoms with Crippen molar-refractivity contribution in [2.45, 2.75) is 31.4 Å². The lowest BCUT2D eigenvalue weighted by molar-refractivity contribution is 0.172. The Kier molecular flexibility index (Phi) is 2.22. The molecule has 2 N–H and O–H groups in total. The largest absolute Gasteiger partial charge is 0.391 e. The lowest BCUT2D eigenvalue weighted by Gasteiger charge is -2.15. The summed E-state index contributed by atoms with van der Waals surface area (Å²) in [6, 6.07) is 0.212. The third kappa shape index (κ3) is 1.83. The van der Waals surface area contributed by atoms with E-state index >= 15 is 0 Å². The van der Waals surface area contributed by atoms with Gasteiger partial charge in [0.1, 0.15) is 0 Å². The molecule has 1 aliphatic rings. The van der Waals surface area contributed by atoms with Crippen LogP contribution >= 0.6 is 0 Å². The quantitative estimate of drug-likeness (QED) is 0.707. The Morgan fingerprint density at radius 3 is 3.00 bits per heavy atom. The summed E-state index contributed by atoms with van der Waals surface area (Å²) in [5.74, 6) is 0. The van der Waals surface area contributed by atoms with Crippen LogP contribution < -0.4 is 5.32 Å². The van der Waals surface area contributed by atoms with Gasteiger partial charge >= 0.3 is 0 Å². The fourth-order valence-corrected chi connectivity index (χ4v) is 1.82. The molecule has 0 saturated heterocycles. The van der Waals surface area contributed by atoms with Crippen molar-refractivity contribution in [3.63, 3.8) is 0 Å². The SMILES string of the molecule is Cn1cc(N[C@H]2CCC[C@@H]2O)cn1. The van der Waals surface area contributed by atoms with Crippen molar-refractivity contribution >= 4 is 5.69 Å². The van der Waals surface area contributed by atoms with Gasteiger partial charge in [-0.25, -0.2) is 0 Å². The summed E-state index contributed by atoms with van der Waals surface area (Å²) in [5.41, 5.74) is 0.994. The van der Waals surface area contributed by atoms with Gasteiger partial charge in [-0.2, -0.15) is 5.10 Å². The monoisotopic (exact) mass is 181 g/mol. The van der Waals surface area contributed by atoms with Gasteiger partial charge in [-0.3, -0.25) is 4.68 Å². The summed E-state index contributed by atoms with van der Waals surface area (Å²) in [6.07, 6.45) is 6.59. The predicted octanol–water partition coefficient (Wildman–Crippen LogP) is 0.745. The molecule has 1 fully saturated rings. The van der Waals surface area contributed by atoms with Gasteiger partial charge < -0.3 is 10.4 Å². The molecule has 13 heavy (non-hydrogen) atoms. The molecule has 1 heterocycles. The van der Waals surface area contributed by atoms with E-state index in [0.717, 1.165) is 24.9 Å². The lowest BCUT2D eigenvalue weighted by atomic mass is 10.2. The number of hydrogen-bond donors (Lipinski definition) is 2. The van der Waals surface area contributed by atoms with Gasteiger partial charge in [0, 0.05) is 13.2 Å². The van der Waals surface area contributed by atoms with Crippen LogP contribution in [0.5, 0.6) is 0 Å². The van der Waals surface area contributed by atoms with E-state index in [1.165, 1.54) is 0 Å². The number of aromatic nitrogens is 2. The van der Waals surface area contributed by atoms with Gasteiger partial charge in [0.25, 0.3) is 0 Å². The van der Waals surface area contributed by atoms with Crippen molar-refractivity contribution in [3.8, 4) is 0 Å². The van der Waals surface area contributed by atoms with E-state index in [-0.39, 0.29) is 12.1 Å². The van der Waals surface area contributed by atoms with Crippen molar-refractivity contribution in [3.05, 3.63) is 12.4 Å². The Hall–Kier alpha value is -1.03. The first-order valence-electron chi connectivity index (χ1n) is 4.69. The summed E-state index contributed by atoms with van der Waals surface area (Å²) in [6.45, 7) is 0. The molecule has 0 radical (unpaired) electrons. The Balaban J connectivity index is 1.97. The van der Waals surface area contributed by atoms with Crippen LogP contribution in [-0.4, -0.2) is 27.0 Å². The number of aliphatic hydroxyl groups is 1. The van der Waals surface area contributed by atoms with Crippen molar-refractivity contribution in [2.75, 3.05) is 5.32 Å². The molecule has 0 amide bonds. The molecule has 1 aromatic heterocycles. The second-order valence-corrected chi connectivity index (χ2v) is 3.65. The number of anilines is 1. The van der Waals surface area contributed by atoms with E-state index in [2.05, 4.69) is 10.4 Å². The minimum atomic E-state index is -0.194. The summed E-state index contributed by atoms with van der Waals surface area (Å²) in [5, 5.41) is 16.9. The molecule has 0 aromatic carbocycles. The van der Waals surface area contributed by atoms with Crippen LogP contribution in [-0.2, 0) is 7.05 Å². The Bertz CT molecular complexity index is 284. The molecular weight excluding hydrogens is 166 g/mol. The third-order valence-electron chi connectivity index (χ3n) is 2.54. The first-order chi connectivity index (χ1) is 6.25. The third-order valence-corrected chi connectivity index (χ3v) is 2.54. The normalized spacial score (nSPS) is 27.8. The average Bonchev–Trinajstić information content (AvgIpc) is 2.64. The Labute approximate surface area is 77.6 Å². The number of nitrogens with one attached hydrogen (secondary N) is 1. The van der Waals surface area contributed by atoms with Crippen LogP contribution in [0, 0.1) is 0 Å². The topological polar surface area (TPSA) is 50.1 Å². The van der Waals surface area contributed by atoms with Crippen molar-refractivity contribution in [1.29, 1.82) is 0 Å². The van der Waals surface area contributed by atoms with E-state index in [1.807, 2.05) is 13.2 Å². The molecule has 1 saturated carbocycles. The highest BCUT2D eigenvalue weighted by atomic mass is 16.3. The first kappa shape index (κ1) is 8.56. The maximum atomic E-state index is 9.57. The zero-order valence-electron chi connectivity index (χ0n) is 7.77. The number of aliphatic hydroxyl groups excluding tert-OH is 1. The van der Waals surface area contributed by atoms with E-state index in [0.29, 0.717) is 0 Å². The summed E-state index contributed by atoms with van der Waals surface area (Å²) in [7, 11) is 1.89. The molecule has 0 aliphatic heterocycles. The fraction of sp³-hybridized carbons (Fsp3) is 0.667. The highest BCUT2D eigenvalue weighted by molar-refractivity contribution is 5.39. The summed E-state index contributed by atoms with van der Waals surface area (Å²) >= 11 is 0. The van der Waals surface area contributed by atoms with Gasteiger partial charge in [0.2, 0.25) is 0 Å². The fourth-order valence-electron chi connectivity index (χ4n) is 1.82. The first-order valence-corrected chi connectivity index (χ1v) is 4.69. The van der Waals surface area contributed by atoms with Crippen molar-refractivity contribution in [2.24, 2.45) is 7.05 Å². The van der Waals surface area contributed by atoms with E-state index in [4.69, 9.17) is 0 Å². The second kappa shape index (κ2) is 3.38. The van der Waals surface area contributed by atoms with Crippen LogP contribution in [0.2, 0.25) is 0 Å². The van der Waals surface area contributed by atoms with E-state index in [1.54, 1.807) is 10.9 Å². The van der Waals surface area contributed by atoms with Gasteiger partial charge in [-0.1, -0.05) is 0 Å². The van der Waals surface area contributed by atoms with E-state index in [9.17, 15) is 5.11 Å². The molecule has 2 atom stereocenters. The van der Waals surface area contributed by atoms with Gasteiger partial charge in [-0.15, -0.1) is 0 Å². The molecule has 4 heteroatoms. The number of nitrogens with zero attached hydrogens (tertiary/aromatic N) is 2. The minimum absolute atomic E-state index is 0.194. The molecular formula is C9H15N3O. The maximum absolute atomic E-state index is 9.57. The molecule has 0 unspecified atom stereocenters. The van der Waals surface area contributed by atoms with E-state index < -0.39 is 0 Å². The van der Waals surface area contributed by atoms with Crippen LogP contribution in [0.3, 0.4) is 0 Å². The van der Waals surface area contributed by atoms with Crippen LogP contribution in [0.4, 0.5) is 5.69 Å². The van der Waals surface area contributed by atoms with Gasteiger partial charge in [0.15, 0.2) is 0 Å².